The molecule has 24 heavy (non-hydrogen) atoms. The Balaban J connectivity index is 1.65. The number of benzene rings is 2. The minimum atomic E-state index is -0.869. The van der Waals surface area contributed by atoms with Gasteiger partial charge in [-0.3, -0.25) is 5.41 Å². The van der Waals surface area contributed by atoms with E-state index in [1.807, 2.05) is 0 Å². The maximum absolute atomic E-state index is 13.9. The van der Waals surface area contributed by atoms with Crippen molar-refractivity contribution in [1.29, 1.82) is 5.41 Å². The molecule has 120 valence electrons. The normalized spacial score (nSPS) is 13.6. The molecule has 1 aliphatic rings. The maximum Gasteiger partial charge on any atom is 0.205 e. The van der Waals surface area contributed by atoms with Crippen molar-refractivity contribution in [3.05, 3.63) is 72.0 Å². The highest BCUT2D eigenvalue weighted by atomic mass is 19.2. The Morgan fingerprint density at radius 3 is 2.58 bits per heavy atom. The van der Waals surface area contributed by atoms with Crippen molar-refractivity contribution in [2.24, 2.45) is 0 Å². The number of nitrogens with zero attached hydrogens (tertiary/aromatic N) is 1. The Morgan fingerprint density at radius 2 is 1.79 bits per heavy atom. The predicted molar refractivity (Wildman–Crippen MR) is 88.3 cm³/mol. The minimum absolute atomic E-state index is 0.213. The maximum atomic E-state index is 13.9. The molecule has 0 saturated carbocycles. The summed E-state index contributed by atoms with van der Waals surface area (Å²) in [6, 6.07) is 12.8. The summed E-state index contributed by atoms with van der Waals surface area (Å²) in [7, 11) is 0. The summed E-state index contributed by atoms with van der Waals surface area (Å²) < 4.78 is 32.5. The third-order valence-corrected chi connectivity index (χ3v) is 4.03. The van der Waals surface area contributed by atoms with Crippen LogP contribution in [0.15, 0.2) is 59.2 Å². The lowest BCUT2D eigenvalue weighted by molar-refractivity contribution is 0.511. The first-order chi connectivity index (χ1) is 11.6. The number of hydrogen-bond donors (Lipinski definition) is 2. The Hall–Kier alpha value is -3.15. The van der Waals surface area contributed by atoms with Gasteiger partial charge in [-0.1, -0.05) is 24.3 Å². The van der Waals surface area contributed by atoms with E-state index in [4.69, 9.17) is 9.83 Å². The molecule has 0 saturated heterocycles. The molecule has 4 nitrogen and oxygen atoms in total. The van der Waals surface area contributed by atoms with Crippen molar-refractivity contribution in [3.63, 3.8) is 0 Å². The average molecular weight is 325 g/mol. The van der Waals surface area contributed by atoms with Gasteiger partial charge in [0.15, 0.2) is 11.6 Å². The Kier molecular flexibility index (Phi) is 3.30. The number of amidine groups is 1. The third-order valence-electron chi connectivity index (χ3n) is 4.03. The summed E-state index contributed by atoms with van der Waals surface area (Å²) in [5.74, 6) is -0.830. The van der Waals surface area contributed by atoms with E-state index in [2.05, 4.69) is 5.32 Å². The second kappa shape index (κ2) is 5.49. The predicted octanol–water partition coefficient (Wildman–Crippen LogP) is 4.44. The third kappa shape index (κ3) is 2.23. The van der Waals surface area contributed by atoms with E-state index in [9.17, 15) is 8.78 Å². The minimum Gasteiger partial charge on any atom is -0.448 e. The van der Waals surface area contributed by atoms with Crippen LogP contribution in [0.1, 0.15) is 5.56 Å². The van der Waals surface area contributed by atoms with Crippen LogP contribution in [0, 0.1) is 17.0 Å². The largest absolute Gasteiger partial charge is 0.448 e. The molecule has 2 aromatic carbocycles. The van der Waals surface area contributed by atoms with Gasteiger partial charge >= 0.3 is 0 Å². The van der Waals surface area contributed by atoms with Gasteiger partial charge < -0.3 is 14.6 Å². The number of anilines is 2. The van der Waals surface area contributed by atoms with Crippen LogP contribution >= 0.6 is 0 Å². The van der Waals surface area contributed by atoms with Crippen molar-refractivity contribution in [1.82, 2.24) is 0 Å². The Labute approximate surface area is 136 Å². The van der Waals surface area contributed by atoms with Crippen LogP contribution in [0.4, 0.5) is 20.4 Å². The van der Waals surface area contributed by atoms with Gasteiger partial charge in [-0.15, -0.1) is 0 Å². The second-order valence-corrected chi connectivity index (χ2v) is 5.42. The van der Waals surface area contributed by atoms with Gasteiger partial charge in [0, 0.05) is 11.3 Å². The molecule has 0 atom stereocenters. The highest BCUT2D eigenvalue weighted by molar-refractivity contribution is 6.12. The Morgan fingerprint density at radius 1 is 1.00 bits per heavy atom. The second-order valence-electron chi connectivity index (χ2n) is 5.42. The summed E-state index contributed by atoms with van der Waals surface area (Å²) in [6.45, 7) is 0.396. The van der Waals surface area contributed by atoms with Gasteiger partial charge in [0.25, 0.3) is 0 Å². The van der Waals surface area contributed by atoms with E-state index in [1.54, 1.807) is 35.2 Å². The monoisotopic (exact) mass is 325 g/mol. The van der Waals surface area contributed by atoms with E-state index in [0.29, 0.717) is 29.5 Å². The number of halogens is 2. The molecule has 0 radical (unpaired) electrons. The first kappa shape index (κ1) is 14.4. The standard InChI is InChI=1S/C18H13F2N3O/c19-15-3-1-2-13(16(15)20)11-4-6-12(7-5-11)23-10-22-18-14(17(23)21)8-9-24-18/h1-9,21-22H,10H2. The number of nitrogens with one attached hydrogen (secondary N) is 2. The molecule has 2 heterocycles. The molecule has 1 aromatic heterocycles. The van der Waals surface area contributed by atoms with E-state index < -0.39 is 11.6 Å². The van der Waals surface area contributed by atoms with Crippen molar-refractivity contribution < 1.29 is 13.2 Å². The quantitative estimate of drug-likeness (QED) is 0.732. The number of rotatable bonds is 2. The fourth-order valence-electron chi connectivity index (χ4n) is 2.78. The molecule has 3 aromatic rings. The van der Waals surface area contributed by atoms with Crippen molar-refractivity contribution in [3.8, 4) is 11.1 Å². The highest BCUT2D eigenvalue weighted by Crippen LogP contribution is 2.30. The van der Waals surface area contributed by atoms with Gasteiger partial charge in [0.05, 0.1) is 18.5 Å². The fraction of sp³-hybridized carbons (Fsp3) is 0.0556. The lowest BCUT2D eigenvalue weighted by Crippen LogP contribution is -2.39. The van der Waals surface area contributed by atoms with Crippen LogP contribution in [-0.4, -0.2) is 12.5 Å². The van der Waals surface area contributed by atoms with E-state index in [1.165, 1.54) is 18.4 Å². The lowest BCUT2D eigenvalue weighted by atomic mass is 10.0. The summed E-state index contributed by atoms with van der Waals surface area (Å²) in [5, 5.41) is 11.4. The van der Waals surface area contributed by atoms with Crippen molar-refractivity contribution >= 4 is 17.4 Å². The first-order valence-corrected chi connectivity index (χ1v) is 7.37. The van der Waals surface area contributed by atoms with Crippen LogP contribution < -0.4 is 10.2 Å². The molecule has 0 fully saturated rings. The van der Waals surface area contributed by atoms with Crippen LogP contribution in [0.25, 0.3) is 11.1 Å². The highest BCUT2D eigenvalue weighted by Gasteiger charge is 2.24. The molecule has 1 aliphatic heterocycles. The lowest BCUT2D eigenvalue weighted by Gasteiger charge is -2.29. The molecular formula is C18H13F2N3O. The van der Waals surface area contributed by atoms with Gasteiger partial charge in [-0.2, -0.15) is 0 Å². The zero-order chi connectivity index (χ0) is 16.7. The van der Waals surface area contributed by atoms with Gasteiger partial charge in [-0.05, 0) is 29.8 Å². The fourth-order valence-corrected chi connectivity index (χ4v) is 2.78. The summed E-state index contributed by atoms with van der Waals surface area (Å²) >= 11 is 0. The number of hydrogen-bond acceptors (Lipinski definition) is 3. The Bertz CT molecular complexity index is 918. The zero-order valence-electron chi connectivity index (χ0n) is 12.5. The molecule has 2 N–H and O–H groups in total. The molecular weight excluding hydrogens is 312 g/mol. The smallest absolute Gasteiger partial charge is 0.205 e. The summed E-state index contributed by atoms with van der Waals surface area (Å²) in [4.78, 5) is 1.77. The zero-order valence-corrected chi connectivity index (χ0v) is 12.5. The van der Waals surface area contributed by atoms with E-state index in [-0.39, 0.29) is 5.56 Å². The molecule has 6 heteroatoms. The molecule has 0 bridgehead atoms. The topological polar surface area (TPSA) is 52.3 Å². The first-order valence-electron chi connectivity index (χ1n) is 7.37. The number of fused-ring (bicyclic) bond motifs is 1. The van der Waals surface area contributed by atoms with Crippen LogP contribution in [-0.2, 0) is 0 Å². The molecule has 0 unspecified atom stereocenters. The van der Waals surface area contributed by atoms with Crippen molar-refractivity contribution in [2.45, 2.75) is 0 Å². The van der Waals surface area contributed by atoms with E-state index >= 15 is 0 Å². The van der Waals surface area contributed by atoms with Gasteiger partial charge in [0.2, 0.25) is 5.88 Å². The molecule has 0 aliphatic carbocycles. The van der Waals surface area contributed by atoms with Gasteiger partial charge in [0.1, 0.15) is 5.84 Å². The SMILES string of the molecule is N=C1c2ccoc2NCN1c1ccc(-c2cccc(F)c2F)cc1. The van der Waals surface area contributed by atoms with Crippen LogP contribution in [0.2, 0.25) is 0 Å². The summed E-state index contributed by atoms with van der Waals surface area (Å²) in [6.07, 6.45) is 1.53. The molecule has 0 spiro atoms. The van der Waals surface area contributed by atoms with Crippen LogP contribution in [0.5, 0.6) is 0 Å². The van der Waals surface area contributed by atoms with E-state index in [0.717, 1.165) is 11.8 Å². The molecule has 0 amide bonds. The summed E-state index contributed by atoms with van der Waals surface area (Å²) in [5.41, 5.74) is 2.25. The van der Waals surface area contributed by atoms with Crippen LogP contribution in [0.3, 0.4) is 0 Å². The number of furan rings is 1. The molecule has 4 rings (SSSR count). The average Bonchev–Trinajstić information content (AvgIpc) is 3.08. The van der Waals surface area contributed by atoms with Gasteiger partial charge in [-0.25, -0.2) is 8.78 Å². The van der Waals surface area contributed by atoms with Crippen molar-refractivity contribution in [2.75, 3.05) is 16.9 Å².